The third-order valence-corrected chi connectivity index (χ3v) is 4.67. The Morgan fingerprint density at radius 1 is 1.06 bits per heavy atom. The molecule has 0 radical (unpaired) electrons. The maximum Gasteiger partial charge on any atom is 0.416 e. The van der Waals surface area contributed by atoms with Gasteiger partial charge in [0.05, 0.1) is 21.8 Å². The highest BCUT2D eigenvalue weighted by Crippen LogP contribution is 2.32. The molecule has 4 rings (SSSR count). The molecule has 0 aliphatic rings. The number of alkyl halides is 3. The van der Waals surface area contributed by atoms with E-state index < -0.39 is 11.7 Å². The van der Waals surface area contributed by atoms with Crippen molar-refractivity contribution in [3.63, 3.8) is 0 Å². The van der Waals surface area contributed by atoms with Crippen molar-refractivity contribution in [2.75, 3.05) is 12.4 Å². The summed E-state index contributed by atoms with van der Waals surface area (Å²) in [4.78, 5) is 17.6. The van der Waals surface area contributed by atoms with E-state index in [-0.39, 0.29) is 6.61 Å². The second kappa shape index (κ2) is 8.44. The van der Waals surface area contributed by atoms with Crippen LogP contribution in [0.2, 0.25) is 5.02 Å². The van der Waals surface area contributed by atoms with Crippen molar-refractivity contribution in [1.29, 1.82) is 0 Å². The fourth-order valence-electron chi connectivity index (χ4n) is 2.95. The molecule has 0 spiro atoms. The molecule has 0 aliphatic heterocycles. The van der Waals surface area contributed by atoms with Crippen LogP contribution in [0.15, 0.2) is 54.9 Å². The summed E-state index contributed by atoms with van der Waals surface area (Å²) < 4.78 is 43.6. The molecule has 4 aromatic rings. The van der Waals surface area contributed by atoms with Gasteiger partial charge in [0.1, 0.15) is 12.1 Å². The van der Waals surface area contributed by atoms with Crippen LogP contribution in [0.1, 0.15) is 11.4 Å². The molecule has 0 saturated heterocycles. The molecule has 10 heteroatoms. The third-order valence-electron chi connectivity index (χ3n) is 4.36. The predicted octanol–water partition coefficient (Wildman–Crippen LogP) is 5.65. The minimum Gasteiger partial charge on any atom is -0.377 e. The molecular formula is C21H15ClF3N5O. The number of benzene rings is 1. The number of pyridine rings is 2. The van der Waals surface area contributed by atoms with Crippen LogP contribution >= 0.6 is 11.6 Å². The van der Waals surface area contributed by atoms with Crippen LogP contribution < -0.4 is 5.32 Å². The second-order valence-electron chi connectivity index (χ2n) is 6.55. The van der Waals surface area contributed by atoms with Crippen molar-refractivity contribution in [1.82, 2.24) is 19.9 Å². The van der Waals surface area contributed by atoms with Gasteiger partial charge in [0, 0.05) is 30.8 Å². The quantitative estimate of drug-likeness (QED) is 0.428. The Kier molecular flexibility index (Phi) is 5.71. The van der Waals surface area contributed by atoms with Crippen LogP contribution in [-0.4, -0.2) is 27.0 Å². The number of aromatic nitrogens is 4. The molecule has 0 amide bonds. The molecule has 3 aromatic heterocycles. The van der Waals surface area contributed by atoms with Gasteiger partial charge in [-0.3, -0.25) is 4.98 Å². The molecule has 0 fully saturated rings. The van der Waals surface area contributed by atoms with Gasteiger partial charge in [-0.25, -0.2) is 15.0 Å². The Morgan fingerprint density at radius 3 is 2.52 bits per heavy atom. The van der Waals surface area contributed by atoms with E-state index in [1.165, 1.54) is 19.2 Å². The van der Waals surface area contributed by atoms with E-state index >= 15 is 0 Å². The number of ether oxygens (including phenoxy) is 1. The summed E-state index contributed by atoms with van der Waals surface area (Å²) >= 11 is 6.24. The molecule has 31 heavy (non-hydrogen) atoms. The molecule has 1 N–H and O–H groups in total. The Bertz CT molecular complexity index is 1230. The van der Waals surface area contributed by atoms with Gasteiger partial charge in [-0.1, -0.05) is 11.6 Å². The molecule has 0 atom stereocenters. The smallest absolute Gasteiger partial charge is 0.377 e. The average Bonchev–Trinajstić information content (AvgIpc) is 2.74. The van der Waals surface area contributed by atoms with Crippen molar-refractivity contribution in [3.8, 4) is 11.3 Å². The zero-order valence-electron chi connectivity index (χ0n) is 16.1. The van der Waals surface area contributed by atoms with Crippen LogP contribution in [0.4, 0.5) is 24.7 Å². The predicted molar refractivity (Wildman–Crippen MR) is 111 cm³/mol. The maximum absolute atomic E-state index is 12.8. The van der Waals surface area contributed by atoms with E-state index in [9.17, 15) is 13.2 Å². The van der Waals surface area contributed by atoms with E-state index in [1.54, 1.807) is 30.6 Å². The second-order valence-corrected chi connectivity index (χ2v) is 6.95. The number of fused-ring (bicyclic) bond motifs is 1. The normalized spacial score (nSPS) is 11.6. The van der Waals surface area contributed by atoms with Crippen LogP contribution in [0.25, 0.3) is 22.3 Å². The van der Waals surface area contributed by atoms with Crippen molar-refractivity contribution in [2.24, 2.45) is 0 Å². The van der Waals surface area contributed by atoms with Gasteiger partial charge in [-0.2, -0.15) is 13.2 Å². The molecule has 0 unspecified atom stereocenters. The molecule has 1 aromatic carbocycles. The number of nitrogens with zero attached hydrogens (tertiary/aromatic N) is 4. The van der Waals surface area contributed by atoms with E-state index in [0.29, 0.717) is 44.6 Å². The lowest BCUT2D eigenvalue weighted by molar-refractivity contribution is -0.137. The molecule has 0 aliphatic carbocycles. The van der Waals surface area contributed by atoms with Crippen LogP contribution in [0.3, 0.4) is 0 Å². The minimum absolute atomic E-state index is 0.145. The van der Waals surface area contributed by atoms with Crippen molar-refractivity contribution >= 4 is 34.1 Å². The van der Waals surface area contributed by atoms with E-state index in [1.807, 2.05) is 0 Å². The van der Waals surface area contributed by atoms with Gasteiger partial charge >= 0.3 is 6.18 Å². The summed E-state index contributed by atoms with van der Waals surface area (Å²) in [5.74, 6) is 0.728. The third kappa shape index (κ3) is 4.57. The van der Waals surface area contributed by atoms with E-state index in [4.69, 9.17) is 16.3 Å². The van der Waals surface area contributed by atoms with Gasteiger partial charge < -0.3 is 10.1 Å². The van der Waals surface area contributed by atoms with E-state index in [2.05, 4.69) is 25.3 Å². The number of anilines is 2. The zero-order chi connectivity index (χ0) is 22.0. The Balaban J connectivity index is 1.76. The average molecular weight is 446 g/mol. The highest BCUT2D eigenvalue weighted by atomic mass is 35.5. The fraction of sp³-hybridized carbons (Fsp3) is 0.143. The van der Waals surface area contributed by atoms with Crippen molar-refractivity contribution in [3.05, 3.63) is 71.3 Å². The summed E-state index contributed by atoms with van der Waals surface area (Å²) in [5, 5.41) is 3.49. The highest BCUT2D eigenvalue weighted by Gasteiger charge is 2.30. The first-order chi connectivity index (χ1) is 14.8. The summed E-state index contributed by atoms with van der Waals surface area (Å²) in [6, 6.07) is 9.87. The Labute approximate surface area is 180 Å². The number of hydrogen-bond acceptors (Lipinski definition) is 6. The monoisotopic (exact) mass is 445 g/mol. The van der Waals surface area contributed by atoms with E-state index in [0.717, 1.165) is 12.1 Å². The topological polar surface area (TPSA) is 72.8 Å². The first kappa shape index (κ1) is 21.0. The van der Waals surface area contributed by atoms with Crippen LogP contribution in [0, 0.1) is 0 Å². The molecule has 6 nitrogen and oxygen atoms in total. The number of hydrogen-bond donors (Lipinski definition) is 1. The first-order valence-electron chi connectivity index (χ1n) is 9.06. The summed E-state index contributed by atoms with van der Waals surface area (Å²) in [6.07, 6.45) is -1.19. The molecular weight excluding hydrogens is 431 g/mol. The standard InChI is InChI=1S/C21H15ClF3N5O/c1-31-11-17-29-16-9-12(18-15(22)3-2-8-26-18)10-27-19(16)20(30-17)28-14-6-4-13(5-7-14)21(23,24)25/h2-10H,11H2,1H3,(H,28,29,30). The van der Waals surface area contributed by atoms with Crippen molar-refractivity contribution in [2.45, 2.75) is 12.8 Å². The van der Waals surface area contributed by atoms with Crippen LogP contribution in [0.5, 0.6) is 0 Å². The fourth-order valence-corrected chi connectivity index (χ4v) is 3.19. The molecule has 3 heterocycles. The molecule has 0 bridgehead atoms. The lowest BCUT2D eigenvalue weighted by Crippen LogP contribution is -2.06. The minimum atomic E-state index is -4.41. The summed E-state index contributed by atoms with van der Waals surface area (Å²) in [6.45, 7) is 0.145. The lowest BCUT2D eigenvalue weighted by atomic mass is 10.1. The number of rotatable bonds is 5. The van der Waals surface area contributed by atoms with Crippen molar-refractivity contribution < 1.29 is 17.9 Å². The van der Waals surface area contributed by atoms with Gasteiger partial charge in [0.25, 0.3) is 0 Å². The largest absolute Gasteiger partial charge is 0.416 e. The van der Waals surface area contributed by atoms with Crippen LogP contribution in [-0.2, 0) is 17.5 Å². The first-order valence-corrected chi connectivity index (χ1v) is 9.44. The van der Waals surface area contributed by atoms with Gasteiger partial charge in [0.2, 0.25) is 0 Å². The summed E-state index contributed by atoms with van der Waals surface area (Å²) in [7, 11) is 1.51. The van der Waals surface area contributed by atoms with Gasteiger partial charge in [-0.05, 0) is 42.5 Å². The van der Waals surface area contributed by atoms with Gasteiger partial charge in [0.15, 0.2) is 11.6 Å². The number of halogens is 4. The summed E-state index contributed by atoms with van der Waals surface area (Å²) in [5.41, 5.74) is 1.87. The Hall–Kier alpha value is -3.30. The SMILES string of the molecule is COCc1nc(Nc2ccc(C(F)(F)F)cc2)c2ncc(-c3ncccc3Cl)cc2n1. The lowest BCUT2D eigenvalue weighted by Gasteiger charge is -2.12. The van der Waals surface area contributed by atoms with Gasteiger partial charge in [-0.15, -0.1) is 0 Å². The number of methoxy groups -OCH3 is 1. The molecule has 158 valence electrons. The molecule has 0 saturated carbocycles. The zero-order valence-corrected chi connectivity index (χ0v) is 16.9. The Morgan fingerprint density at radius 2 is 1.84 bits per heavy atom. The maximum atomic E-state index is 12.8. The number of nitrogens with one attached hydrogen (secondary N) is 1. The highest BCUT2D eigenvalue weighted by molar-refractivity contribution is 6.33.